The maximum absolute atomic E-state index is 13.3. The highest BCUT2D eigenvalue weighted by Gasteiger charge is 2.37. The van der Waals surface area contributed by atoms with Gasteiger partial charge in [0, 0.05) is 31.7 Å². The summed E-state index contributed by atoms with van der Waals surface area (Å²) in [5.41, 5.74) is 2.17. The number of piperidine rings is 1. The number of amides is 1. The van der Waals surface area contributed by atoms with Crippen LogP contribution in [0.1, 0.15) is 58.6 Å². The van der Waals surface area contributed by atoms with E-state index in [0.717, 1.165) is 30.4 Å². The Morgan fingerprint density at radius 2 is 1.93 bits per heavy atom. The highest BCUT2D eigenvalue weighted by atomic mass is 19.4. The van der Waals surface area contributed by atoms with Crippen molar-refractivity contribution in [2.24, 2.45) is 0 Å². The number of nitrogens with zero attached hydrogens (tertiary/aromatic N) is 3. The molecule has 0 radical (unpaired) electrons. The first kappa shape index (κ1) is 19.0. The lowest BCUT2D eigenvalue weighted by Crippen LogP contribution is -2.38. The van der Waals surface area contributed by atoms with Crippen LogP contribution in [0, 0.1) is 0 Å². The summed E-state index contributed by atoms with van der Waals surface area (Å²) >= 11 is 0. The van der Waals surface area contributed by atoms with Gasteiger partial charge in [-0.3, -0.25) is 14.8 Å². The van der Waals surface area contributed by atoms with Gasteiger partial charge in [-0.15, -0.1) is 0 Å². The largest absolute Gasteiger partial charge is 0.416 e. The second-order valence-electron chi connectivity index (χ2n) is 7.48. The Kier molecular flexibility index (Phi) is 4.91. The van der Waals surface area contributed by atoms with Crippen LogP contribution in [0.4, 0.5) is 13.2 Å². The van der Waals surface area contributed by atoms with Gasteiger partial charge in [0.05, 0.1) is 11.3 Å². The lowest BCUT2D eigenvalue weighted by molar-refractivity contribution is -0.138. The molecule has 150 valence electrons. The summed E-state index contributed by atoms with van der Waals surface area (Å²) in [5, 5.41) is 7.18. The molecule has 5 nitrogen and oxygen atoms in total. The Morgan fingerprint density at radius 3 is 2.61 bits per heavy atom. The molecular formula is C20H23F3N4O. The molecule has 1 N–H and O–H groups in total. The molecule has 0 saturated carbocycles. The molecule has 2 aromatic rings. The van der Waals surface area contributed by atoms with E-state index in [0.29, 0.717) is 43.7 Å². The van der Waals surface area contributed by atoms with Crippen molar-refractivity contribution in [3.05, 3.63) is 52.3 Å². The third-order valence-corrected chi connectivity index (χ3v) is 5.85. The van der Waals surface area contributed by atoms with Crippen molar-refractivity contribution < 1.29 is 18.0 Å². The van der Waals surface area contributed by atoms with Crippen LogP contribution < -0.4 is 0 Å². The summed E-state index contributed by atoms with van der Waals surface area (Å²) < 4.78 is 39.9. The zero-order valence-corrected chi connectivity index (χ0v) is 15.7. The molecule has 2 aliphatic heterocycles. The van der Waals surface area contributed by atoms with Gasteiger partial charge in [-0.05, 0) is 36.9 Å². The van der Waals surface area contributed by atoms with Gasteiger partial charge < -0.3 is 4.90 Å². The number of hydrogen-bond acceptors (Lipinski definition) is 3. The molecule has 4 rings (SSSR count). The number of carbonyl (C=O) groups excluding carboxylic acids is 1. The predicted octanol–water partition coefficient (Wildman–Crippen LogP) is 3.78. The van der Waals surface area contributed by atoms with Crippen molar-refractivity contribution in [3.8, 4) is 0 Å². The van der Waals surface area contributed by atoms with Crippen molar-refractivity contribution in [1.29, 1.82) is 0 Å². The van der Waals surface area contributed by atoms with E-state index >= 15 is 0 Å². The normalized spacial score (nSPS) is 18.5. The first-order chi connectivity index (χ1) is 13.4. The second-order valence-corrected chi connectivity index (χ2v) is 7.48. The molecule has 0 atom stereocenters. The number of likely N-dealkylation sites (tertiary alicyclic amines) is 1. The minimum atomic E-state index is -4.36. The number of benzene rings is 1. The van der Waals surface area contributed by atoms with Crippen LogP contribution in [0.5, 0.6) is 0 Å². The van der Waals surface area contributed by atoms with Crippen LogP contribution in [0.2, 0.25) is 0 Å². The Bertz CT molecular complexity index is 869. The molecule has 2 aliphatic rings. The minimum absolute atomic E-state index is 0.127. The van der Waals surface area contributed by atoms with Gasteiger partial charge in [0.25, 0.3) is 5.91 Å². The number of halogens is 3. The molecule has 0 unspecified atom stereocenters. The van der Waals surface area contributed by atoms with Gasteiger partial charge >= 0.3 is 6.18 Å². The Balaban J connectivity index is 1.45. The number of nitrogens with one attached hydrogen (secondary N) is 1. The maximum Gasteiger partial charge on any atom is 0.416 e. The molecule has 28 heavy (non-hydrogen) atoms. The summed E-state index contributed by atoms with van der Waals surface area (Å²) in [7, 11) is 0. The van der Waals surface area contributed by atoms with Crippen LogP contribution in [0.3, 0.4) is 0 Å². The molecule has 8 heteroatoms. The molecule has 1 amide bonds. The zero-order valence-electron chi connectivity index (χ0n) is 15.7. The first-order valence-electron chi connectivity index (χ1n) is 9.62. The fourth-order valence-electron chi connectivity index (χ4n) is 4.26. The number of H-pyrrole nitrogens is 1. The van der Waals surface area contributed by atoms with E-state index in [1.165, 1.54) is 6.07 Å². The number of aromatic nitrogens is 2. The number of fused-ring (bicyclic) bond motifs is 1. The van der Waals surface area contributed by atoms with Gasteiger partial charge in [-0.2, -0.15) is 18.3 Å². The standard InChI is InChI=1S/C20H23F3N4O/c1-2-26-11-15-17(12-26)24-25-18(15)19(28)27-9-7-13(8-10-27)14-5-3-4-6-16(14)20(21,22)23/h3-6,13H,2,7-12H2,1H3,(H,24,25). The van der Waals surface area contributed by atoms with Gasteiger partial charge in [-0.1, -0.05) is 25.1 Å². The van der Waals surface area contributed by atoms with Gasteiger partial charge in [0.1, 0.15) is 0 Å². The summed E-state index contributed by atoms with van der Waals surface area (Å²) in [4.78, 5) is 16.9. The average molecular weight is 392 g/mol. The maximum atomic E-state index is 13.3. The second kappa shape index (κ2) is 7.24. The lowest BCUT2D eigenvalue weighted by Gasteiger charge is -2.33. The Hall–Kier alpha value is -2.35. The molecule has 3 heterocycles. The van der Waals surface area contributed by atoms with Crippen molar-refractivity contribution in [3.63, 3.8) is 0 Å². The molecule has 0 bridgehead atoms. The van der Waals surface area contributed by atoms with Crippen molar-refractivity contribution in [2.45, 2.75) is 44.9 Å². The molecule has 0 spiro atoms. The molecule has 0 aliphatic carbocycles. The lowest BCUT2D eigenvalue weighted by atomic mass is 9.86. The van der Waals surface area contributed by atoms with Gasteiger partial charge in [0.2, 0.25) is 0 Å². The number of carbonyl (C=O) groups is 1. The SMILES string of the molecule is CCN1Cc2[nH]nc(C(=O)N3CCC(c4ccccc4C(F)(F)F)CC3)c2C1. The molecule has 1 aromatic carbocycles. The van der Waals surface area contributed by atoms with E-state index in [1.807, 2.05) is 0 Å². The van der Waals surface area contributed by atoms with E-state index in [9.17, 15) is 18.0 Å². The van der Waals surface area contributed by atoms with Crippen LogP contribution in [-0.2, 0) is 19.3 Å². The van der Waals surface area contributed by atoms with Crippen molar-refractivity contribution >= 4 is 5.91 Å². The third-order valence-electron chi connectivity index (χ3n) is 5.85. The summed E-state index contributed by atoms with van der Waals surface area (Å²) in [6, 6.07) is 5.77. The van der Waals surface area contributed by atoms with Gasteiger partial charge in [-0.25, -0.2) is 0 Å². The Labute approximate surface area is 161 Å². The fraction of sp³-hybridized carbons (Fsp3) is 0.500. The number of alkyl halides is 3. The van der Waals surface area contributed by atoms with Crippen LogP contribution in [0.15, 0.2) is 24.3 Å². The molecule has 1 saturated heterocycles. The van der Waals surface area contributed by atoms with E-state index in [-0.39, 0.29) is 11.8 Å². The van der Waals surface area contributed by atoms with Gasteiger partial charge in [0.15, 0.2) is 5.69 Å². The number of rotatable bonds is 3. The Morgan fingerprint density at radius 1 is 1.21 bits per heavy atom. The third kappa shape index (κ3) is 3.41. The summed E-state index contributed by atoms with van der Waals surface area (Å²) in [6.07, 6.45) is -3.32. The molecule has 1 aromatic heterocycles. The van der Waals surface area contributed by atoms with Crippen LogP contribution in [-0.4, -0.2) is 45.5 Å². The average Bonchev–Trinajstić information content (AvgIpc) is 3.27. The first-order valence-corrected chi connectivity index (χ1v) is 9.62. The van der Waals surface area contributed by atoms with E-state index < -0.39 is 11.7 Å². The fourth-order valence-corrected chi connectivity index (χ4v) is 4.26. The van der Waals surface area contributed by atoms with E-state index in [1.54, 1.807) is 17.0 Å². The van der Waals surface area contributed by atoms with Crippen molar-refractivity contribution in [1.82, 2.24) is 20.0 Å². The number of aromatic amines is 1. The zero-order chi connectivity index (χ0) is 19.9. The van der Waals surface area contributed by atoms with E-state index in [2.05, 4.69) is 22.0 Å². The minimum Gasteiger partial charge on any atom is -0.337 e. The monoisotopic (exact) mass is 392 g/mol. The highest BCUT2D eigenvalue weighted by molar-refractivity contribution is 5.94. The quantitative estimate of drug-likeness (QED) is 0.865. The van der Waals surface area contributed by atoms with Crippen LogP contribution >= 0.6 is 0 Å². The number of hydrogen-bond donors (Lipinski definition) is 1. The van der Waals surface area contributed by atoms with Crippen molar-refractivity contribution in [2.75, 3.05) is 19.6 Å². The summed E-state index contributed by atoms with van der Waals surface area (Å²) in [6.45, 7) is 5.33. The topological polar surface area (TPSA) is 52.2 Å². The summed E-state index contributed by atoms with van der Waals surface area (Å²) in [5.74, 6) is -0.319. The predicted molar refractivity (Wildman–Crippen MR) is 97.7 cm³/mol. The smallest absolute Gasteiger partial charge is 0.337 e. The highest BCUT2D eigenvalue weighted by Crippen LogP contribution is 2.39. The molecular weight excluding hydrogens is 369 g/mol. The van der Waals surface area contributed by atoms with E-state index in [4.69, 9.17) is 0 Å². The molecule has 1 fully saturated rings. The van der Waals surface area contributed by atoms with Crippen LogP contribution in [0.25, 0.3) is 0 Å².